The predicted octanol–water partition coefficient (Wildman–Crippen LogP) is 3.25. The molecule has 3 rings (SSSR count). The third kappa shape index (κ3) is 2.02. The third-order valence-electron chi connectivity index (χ3n) is 3.12. The second-order valence-electron chi connectivity index (χ2n) is 4.33. The van der Waals surface area contributed by atoms with E-state index < -0.39 is 0 Å². The molecule has 3 aromatic rings. The number of nitrogens with zero attached hydrogens (tertiary/aromatic N) is 2. The fourth-order valence-electron chi connectivity index (χ4n) is 2.13. The third-order valence-corrected chi connectivity index (χ3v) is 3.35. The molecule has 19 heavy (non-hydrogen) atoms. The van der Waals surface area contributed by atoms with Crippen molar-refractivity contribution in [1.29, 1.82) is 0 Å². The number of aryl methyl sites for hydroxylation is 1. The van der Waals surface area contributed by atoms with Crippen LogP contribution in [-0.2, 0) is 7.05 Å². The summed E-state index contributed by atoms with van der Waals surface area (Å²) in [6.45, 7) is 0. The van der Waals surface area contributed by atoms with Crippen molar-refractivity contribution in [1.82, 2.24) is 9.55 Å². The molecule has 1 heterocycles. The molecular weight excluding hydrogens is 260 g/mol. The van der Waals surface area contributed by atoms with E-state index in [1.807, 2.05) is 42.5 Å². The SMILES string of the molecule is Cn1c(=O)nc(-c2ccccc2)c2ccc(Cl)cc21. The van der Waals surface area contributed by atoms with Crippen LogP contribution in [0.1, 0.15) is 0 Å². The molecule has 0 aliphatic carbocycles. The summed E-state index contributed by atoms with van der Waals surface area (Å²) in [5.41, 5.74) is 2.11. The predicted molar refractivity (Wildman–Crippen MR) is 77.4 cm³/mol. The molecule has 0 N–H and O–H groups in total. The second-order valence-corrected chi connectivity index (χ2v) is 4.77. The van der Waals surface area contributed by atoms with Gasteiger partial charge in [-0.25, -0.2) is 4.79 Å². The fraction of sp³-hybridized carbons (Fsp3) is 0.0667. The van der Waals surface area contributed by atoms with Crippen molar-refractivity contribution in [3.8, 4) is 11.3 Å². The topological polar surface area (TPSA) is 34.9 Å². The summed E-state index contributed by atoms with van der Waals surface area (Å²) in [7, 11) is 1.70. The minimum atomic E-state index is -0.284. The average molecular weight is 271 g/mol. The first-order valence-electron chi connectivity index (χ1n) is 5.88. The van der Waals surface area contributed by atoms with Gasteiger partial charge in [-0.2, -0.15) is 4.98 Å². The van der Waals surface area contributed by atoms with Crippen molar-refractivity contribution >= 4 is 22.5 Å². The Hall–Kier alpha value is -2.13. The molecule has 0 atom stereocenters. The van der Waals surface area contributed by atoms with Crippen LogP contribution in [0.4, 0.5) is 0 Å². The normalized spacial score (nSPS) is 10.8. The number of hydrogen-bond acceptors (Lipinski definition) is 2. The van der Waals surface area contributed by atoms with Gasteiger partial charge in [0.25, 0.3) is 0 Å². The maximum Gasteiger partial charge on any atom is 0.348 e. The van der Waals surface area contributed by atoms with Crippen molar-refractivity contribution in [3.63, 3.8) is 0 Å². The highest BCUT2D eigenvalue weighted by molar-refractivity contribution is 6.31. The second kappa shape index (κ2) is 4.52. The van der Waals surface area contributed by atoms with E-state index in [-0.39, 0.29) is 5.69 Å². The standard InChI is InChI=1S/C15H11ClN2O/c1-18-13-9-11(16)7-8-12(13)14(17-15(18)19)10-5-3-2-4-6-10/h2-9H,1H3. The fourth-order valence-corrected chi connectivity index (χ4v) is 2.30. The van der Waals surface area contributed by atoms with Gasteiger partial charge >= 0.3 is 5.69 Å². The van der Waals surface area contributed by atoms with Gasteiger partial charge < -0.3 is 0 Å². The lowest BCUT2D eigenvalue weighted by molar-refractivity contribution is 0.855. The highest BCUT2D eigenvalue weighted by Crippen LogP contribution is 2.26. The summed E-state index contributed by atoms with van der Waals surface area (Å²) in [5.74, 6) is 0. The van der Waals surface area contributed by atoms with Crippen LogP contribution in [0.15, 0.2) is 53.3 Å². The van der Waals surface area contributed by atoms with Crippen LogP contribution in [0.25, 0.3) is 22.2 Å². The number of rotatable bonds is 1. The maximum absolute atomic E-state index is 11.9. The first-order chi connectivity index (χ1) is 9.16. The van der Waals surface area contributed by atoms with E-state index >= 15 is 0 Å². The molecular formula is C15H11ClN2O. The molecule has 0 amide bonds. The lowest BCUT2D eigenvalue weighted by Crippen LogP contribution is -2.21. The number of halogens is 1. The van der Waals surface area contributed by atoms with Crippen LogP contribution in [-0.4, -0.2) is 9.55 Å². The van der Waals surface area contributed by atoms with Crippen molar-refractivity contribution in [2.45, 2.75) is 0 Å². The van der Waals surface area contributed by atoms with Crippen LogP contribution in [0, 0.1) is 0 Å². The number of benzene rings is 2. The highest BCUT2D eigenvalue weighted by Gasteiger charge is 2.10. The molecule has 0 fully saturated rings. The van der Waals surface area contributed by atoms with Gasteiger partial charge in [-0.3, -0.25) is 4.57 Å². The van der Waals surface area contributed by atoms with Crippen molar-refractivity contribution in [2.75, 3.05) is 0 Å². The van der Waals surface area contributed by atoms with E-state index in [2.05, 4.69) is 4.98 Å². The van der Waals surface area contributed by atoms with Gasteiger partial charge in [-0.05, 0) is 18.2 Å². The quantitative estimate of drug-likeness (QED) is 0.680. The zero-order chi connectivity index (χ0) is 13.4. The van der Waals surface area contributed by atoms with E-state index in [1.54, 1.807) is 13.1 Å². The summed E-state index contributed by atoms with van der Waals surface area (Å²) in [6.07, 6.45) is 0. The van der Waals surface area contributed by atoms with Gasteiger partial charge in [0.05, 0.1) is 11.2 Å². The molecule has 0 saturated heterocycles. The van der Waals surface area contributed by atoms with E-state index in [1.165, 1.54) is 4.57 Å². The number of aromatic nitrogens is 2. The molecule has 0 bridgehead atoms. The highest BCUT2D eigenvalue weighted by atomic mass is 35.5. The van der Waals surface area contributed by atoms with Crippen LogP contribution >= 0.6 is 11.6 Å². The smallest absolute Gasteiger partial charge is 0.295 e. The molecule has 0 saturated carbocycles. The molecule has 0 radical (unpaired) electrons. The molecule has 2 aromatic carbocycles. The molecule has 94 valence electrons. The van der Waals surface area contributed by atoms with E-state index in [9.17, 15) is 4.79 Å². The molecule has 0 unspecified atom stereocenters. The zero-order valence-electron chi connectivity index (χ0n) is 10.3. The van der Waals surface area contributed by atoms with Gasteiger partial charge in [0.15, 0.2) is 0 Å². The minimum absolute atomic E-state index is 0.284. The largest absolute Gasteiger partial charge is 0.348 e. The Balaban J connectivity index is 2.44. The van der Waals surface area contributed by atoms with E-state index in [4.69, 9.17) is 11.6 Å². The van der Waals surface area contributed by atoms with Gasteiger partial charge in [0.2, 0.25) is 0 Å². The van der Waals surface area contributed by atoms with Crippen molar-refractivity contribution in [2.24, 2.45) is 7.05 Å². The Morgan fingerprint density at radius 2 is 1.84 bits per heavy atom. The van der Waals surface area contributed by atoms with Crippen molar-refractivity contribution in [3.05, 3.63) is 64.0 Å². The average Bonchev–Trinajstić information content (AvgIpc) is 2.44. The molecule has 0 aliphatic heterocycles. The molecule has 0 aliphatic rings. The molecule has 4 heteroatoms. The Bertz CT molecular complexity index is 809. The number of hydrogen-bond donors (Lipinski definition) is 0. The molecule has 1 aromatic heterocycles. The molecule has 3 nitrogen and oxygen atoms in total. The zero-order valence-corrected chi connectivity index (χ0v) is 11.1. The summed E-state index contributed by atoms with van der Waals surface area (Å²) in [4.78, 5) is 16.1. The van der Waals surface area contributed by atoms with Crippen molar-refractivity contribution < 1.29 is 0 Å². The maximum atomic E-state index is 11.9. The lowest BCUT2D eigenvalue weighted by Gasteiger charge is -2.09. The Morgan fingerprint density at radius 1 is 1.11 bits per heavy atom. The summed E-state index contributed by atoms with van der Waals surface area (Å²) < 4.78 is 1.51. The van der Waals surface area contributed by atoms with Gasteiger partial charge in [0.1, 0.15) is 0 Å². The van der Waals surface area contributed by atoms with Crippen LogP contribution in [0.2, 0.25) is 5.02 Å². The van der Waals surface area contributed by atoms with Crippen LogP contribution in [0.3, 0.4) is 0 Å². The van der Waals surface area contributed by atoms with Gasteiger partial charge in [0, 0.05) is 23.0 Å². The summed E-state index contributed by atoms with van der Waals surface area (Å²) in [5, 5.41) is 1.52. The monoisotopic (exact) mass is 270 g/mol. The number of fused-ring (bicyclic) bond motifs is 1. The van der Waals surface area contributed by atoms with Gasteiger partial charge in [-0.15, -0.1) is 0 Å². The van der Waals surface area contributed by atoms with Gasteiger partial charge in [-0.1, -0.05) is 41.9 Å². The Morgan fingerprint density at radius 3 is 2.58 bits per heavy atom. The minimum Gasteiger partial charge on any atom is -0.295 e. The Kier molecular flexibility index (Phi) is 2.84. The van der Waals surface area contributed by atoms with E-state index in [0.717, 1.165) is 16.5 Å². The van der Waals surface area contributed by atoms with E-state index in [0.29, 0.717) is 10.7 Å². The van der Waals surface area contributed by atoms with Crippen LogP contribution in [0.5, 0.6) is 0 Å². The lowest BCUT2D eigenvalue weighted by atomic mass is 10.1. The molecule has 0 spiro atoms. The first-order valence-corrected chi connectivity index (χ1v) is 6.26. The Labute approximate surface area is 115 Å². The summed E-state index contributed by atoms with van der Waals surface area (Å²) >= 11 is 6.01. The summed E-state index contributed by atoms with van der Waals surface area (Å²) in [6, 6.07) is 15.2. The first kappa shape index (κ1) is 11.9. The van der Waals surface area contributed by atoms with Crippen LogP contribution < -0.4 is 5.69 Å².